The zero-order valence-electron chi connectivity index (χ0n) is 10.5. The Morgan fingerprint density at radius 3 is 2.44 bits per heavy atom. The van der Waals surface area contributed by atoms with Gasteiger partial charge in [0.25, 0.3) is 0 Å². The summed E-state index contributed by atoms with van der Waals surface area (Å²) in [6.45, 7) is 4.84. The molecule has 5 heteroatoms. The van der Waals surface area contributed by atoms with E-state index in [9.17, 15) is 4.79 Å². The highest BCUT2D eigenvalue weighted by atomic mass is 35.5. The van der Waals surface area contributed by atoms with Gasteiger partial charge in [0.15, 0.2) is 0 Å². The molecule has 0 atom stereocenters. The van der Waals surface area contributed by atoms with E-state index >= 15 is 0 Å². The summed E-state index contributed by atoms with van der Waals surface area (Å²) in [5, 5.41) is 9.11. The number of hydrogen-bond donors (Lipinski definition) is 1. The first-order chi connectivity index (χ1) is 8.16. The summed E-state index contributed by atoms with van der Waals surface area (Å²) in [6.07, 6.45) is 0. The minimum atomic E-state index is -0.838. The molecule has 0 bridgehead atoms. The van der Waals surface area contributed by atoms with Crippen molar-refractivity contribution in [2.75, 3.05) is 33.2 Å². The van der Waals surface area contributed by atoms with Crippen molar-refractivity contribution in [2.24, 2.45) is 0 Å². The monoisotopic (exact) mass is 270 g/mol. The van der Waals surface area contributed by atoms with E-state index in [1.54, 1.807) is 12.1 Å². The van der Waals surface area contributed by atoms with Gasteiger partial charge in [-0.25, -0.2) is 4.79 Å². The smallest absolute Gasteiger partial charge is 0.336 e. The van der Waals surface area contributed by atoms with Crippen LogP contribution in [-0.4, -0.2) is 54.1 Å². The molecular formula is C13H19ClN2O2. The van der Waals surface area contributed by atoms with Crippen LogP contribution in [0.4, 0.5) is 0 Å². The average molecular weight is 271 g/mol. The Kier molecular flexibility index (Phi) is 5.59. The van der Waals surface area contributed by atoms with Crippen LogP contribution in [0.1, 0.15) is 15.9 Å². The second-order valence-corrected chi connectivity index (χ2v) is 4.54. The third-order valence-corrected chi connectivity index (χ3v) is 3.24. The van der Waals surface area contributed by atoms with Crippen molar-refractivity contribution < 1.29 is 9.90 Å². The van der Waals surface area contributed by atoms with Crippen molar-refractivity contribution in [1.82, 2.24) is 9.80 Å². The molecular weight excluding hydrogens is 252 g/mol. The highest BCUT2D eigenvalue weighted by Crippen LogP contribution is 2.13. The van der Waals surface area contributed by atoms with E-state index in [1.807, 2.05) is 12.1 Å². The molecule has 0 aliphatic carbocycles. The zero-order chi connectivity index (χ0) is 12.3. The van der Waals surface area contributed by atoms with Gasteiger partial charge >= 0.3 is 5.97 Å². The maximum Gasteiger partial charge on any atom is 0.336 e. The molecule has 18 heavy (non-hydrogen) atoms. The van der Waals surface area contributed by atoms with Crippen LogP contribution >= 0.6 is 12.4 Å². The van der Waals surface area contributed by atoms with Gasteiger partial charge in [-0.05, 0) is 18.7 Å². The number of carboxylic acids is 1. The first-order valence-electron chi connectivity index (χ1n) is 5.89. The van der Waals surface area contributed by atoms with Crippen LogP contribution in [0, 0.1) is 0 Å². The molecule has 1 N–H and O–H groups in total. The predicted octanol–water partition coefficient (Wildman–Crippen LogP) is 1.55. The van der Waals surface area contributed by atoms with Gasteiger partial charge < -0.3 is 10.0 Å². The molecule has 1 aromatic rings. The fourth-order valence-corrected chi connectivity index (χ4v) is 2.11. The fraction of sp³-hybridized carbons (Fsp3) is 0.462. The molecule has 1 aliphatic rings. The average Bonchev–Trinajstić information content (AvgIpc) is 2.32. The van der Waals surface area contributed by atoms with E-state index in [1.165, 1.54) is 0 Å². The van der Waals surface area contributed by atoms with Crippen molar-refractivity contribution in [2.45, 2.75) is 6.54 Å². The second-order valence-electron chi connectivity index (χ2n) is 4.54. The van der Waals surface area contributed by atoms with Gasteiger partial charge in [-0.1, -0.05) is 18.2 Å². The summed E-state index contributed by atoms with van der Waals surface area (Å²) >= 11 is 0. The zero-order valence-corrected chi connectivity index (χ0v) is 11.3. The molecule has 100 valence electrons. The van der Waals surface area contributed by atoms with Crippen molar-refractivity contribution in [3.05, 3.63) is 35.4 Å². The van der Waals surface area contributed by atoms with E-state index in [0.717, 1.165) is 38.3 Å². The normalized spacial score (nSPS) is 17.2. The van der Waals surface area contributed by atoms with E-state index in [2.05, 4.69) is 16.8 Å². The number of carbonyl (C=O) groups is 1. The van der Waals surface area contributed by atoms with Crippen LogP contribution in [-0.2, 0) is 6.54 Å². The Morgan fingerprint density at radius 1 is 1.22 bits per heavy atom. The van der Waals surface area contributed by atoms with Crippen LogP contribution in [0.5, 0.6) is 0 Å². The second kappa shape index (κ2) is 6.73. The van der Waals surface area contributed by atoms with Gasteiger partial charge in [0.2, 0.25) is 0 Å². The molecule has 4 nitrogen and oxygen atoms in total. The Morgan fingerprint density at radius 2 is 1.83 bits per heavy atom. The number of likely N-dealkylation sites (N-methyl/N-ethyl adjacent to an activating group) is 1. The lowest BCUT2D eigenvalue weighted by molar-refractivity contribution is 0.0693. The lowest BCUT2D eigenvalue weighted by Crippen LogP contribution is -2.44. The third kappa shape index (κ3) is 3.70. The Balaban J connectivity index is 0.00000162. The van der Waals surface area contributed by atoms with E-state index in [-0.39, 0.29) is 12.4 Å². The Hall–Kier alpha value is -1.10. The molecule has 0 radical (unpaired) electrons. The number of hydrogen-bond acceptors (Lipinski definition) is 3. The molecule has 0 amide bonds. The van der Waals surface area contributed by atoms with Gasteiger partial charge in [-0.2, -0.15) is 0 Å². The van der Waals surface area contributed by atoms with Crippen LogP contribution < -0.4 is 0 Å². The number of carboxylic acid groups (broad SMARTS) is 1. The highest BCUT2D eigenvalue weighted by molar-refractivity contribution is 5.89. The quantitative estimate of drug-likeness (QED) is 0.905. The van der Waals surface area contributed by atoms with Crippen LogP contribution in [0.25, 0.3) is 0 Å². The number of benzene rings is 1. The van der Waals surface area contributed by atoms with Crippen LogP contribution in [0.3, 0.4) is 0 Å². The van der Waals surface area contributed by atoms with Crippen LogP contribution in [0.2, 0.25) is 0 Å². The van der Waals surface area contributed by atoms with Crippen molar-refractivity contribution in [1.29, 1.82) is 0 Å². The van der Waals surface area contributed by atoms with Gasteiger partial charge in [-0.3, -0.25) is 4.90 Å². The summed E-state index contributed by atoms with van der Waals surface area (Å²) in [7, 11) is 2.11. The van der Waals surface area contributed by atoms with E-state index in [4.69, 9.17) is 5.11 Å². The molecule has 2 rings (SSSR count). The topological polar surface area (TPSA) is 43.8 Å². The number of aromatic carboxylic acids is 1. The van der Waals surface area contributed by atoms with Crippen molar-refractivity contribution in [3.63, 3.8) is 0 Å². The number of piperazine rings is 1. The Labute approximate surface area is 114 Å². The van der Waals surface area contributed by atoms with Crippen molar-refractivity contribution >= 4 is 18.4 Å². The first kappa shape index (κ1) is 15.0. The summed E-state index contributed by atoms with van der Waals surface area (Å²) in [6, 6.07) is 7.25. The molecule has 0 aromatic heterocycles. The molecule has 1 heterocycles. The van der Waals surface area contributed by atoms with Crippen molar-refractivity contribution in [3.8, 4) is 0 Å². The summed E-state index contributed by atoms with van der Waals surface area (Å²) in [4.78, 5) is 15.7. The minimum absolute atomic E-state index is 0. The number of nitrogens with zero attached hydrogens (tertiary/aromatic N) is 2. The molecule has 1 saturated heterocycles. The lowest BCUT2D eigenvalue weighted by Gasteiger charge is -2.32. The standard InChI is InChI=1S/C13H18N2O2.ClH/c1-14-6-8-15(9-7-14)10-11-4-2-3-5-12(11)13(16)17;/h2-5H,6-10H2,1H3,(H,16,17);1H. The van der Waals surface area contributed by atoms with Gasteiger partial charge in [-0.15, -0.1) is 12.4 Å². The van der Waals surface area contributed by atoms with Crippen LogP contribution in [0.15, 0.2) is 24.3 Å². The largest absolute Gasteiger partial charge is 0.478 e. The molecule has 1 fully saturated rings. The SMILES string of the molecule is CN1CCN(Cc2ccccc2C(=O)O)CC1.Cl. The fourth-order valence-electron chi connectivity index (χ4n) is 2.11. The summed E-state index contributed by atoms with van der Waals surface area (Å²) in [5.74, 6) is -0.838. The minimum Gasteiger partial charge on any atom is -0.478 e. The molecule has 1 aromatic carbocycles. The number of rotatable bonds is 3. The maximum absolute atomic E-state index is 11.1. The summed E-state index contributed by atoms with van der Waals surface area (Å²) in [5.41, 5.74) is 1.33. The van der Waals surface area contributed by atoms with E-state index in [0.29, 0.717) is 5.56 Å². The molecule has 1 aliphatic heterocycles. The van der Waals surface area contributed by atoms with E-state index < -0.39 is 5.97 Å². The maximum atomic E-state index is 11.1. The van der Waals surface area contributed by atoms with Gasteiger partial charge in [0.05, 0.1) is 5.56 Å². The predicted molar refractivity (Wildman–Crippen MR) is 73.4 cm³/mol. The summed E-state index contributed by atoms with van der Waals surface area (Å²) < 4.78 is 0. The lowest BCUT2D eigenvalue weighted by atomic mass is 10.1. The molecule has 0 spiro atoms. The molecule has 0 unspecified atom stereocenters. The van der Waals surface area contributed by atoms with Gasteiger partial charge in [0, 0.05) is 32.7 Å². The number of halogens is 1. The highest BCUT2D eigenvalue weighted by Gasteiger charge is 2.16. The van der Waals surface area contributed by atoms with Gasteiger partial charge in [0.1, 0.15) is 0 Å². The molecule has 0 saturated carbocycles. The third-order valence-electron chi connectivity index (χ3n) is 3.24. The Bertz CT molecular complexity index is 404. The first-order valence-corrected chi connectivity index (χ1v) is 5.89.